The van der Waals surface area contributed by atoms with Crippen LogP contribution < -0.4 is 5.32 Å². The Labute approximate surface area is 181 Å². The highest BCUT2D eigenvalue weighted by Crippen LogP contribution is 2.23. The maximum absolute atomic E-state index is 9.08. The van der Waals surface area contributed by atoms with Crippen LogP contribution in [0.2, 0.25) is 0 Å². The molecule has 0 atom stereocenters. The quantitative estimate of drug-likeness (QED) is 0.604. The molecule has 7 nitrogen and oxygen atoms in total. The molecule has 30 heavy (non-hydrogen) atoms. The van der Waals surface area contributed by atoms with Crippen molar-refractivity contribution in [2.75, 3.05) is 44.6 Å². The second kappa shape index (κ2) is 9.61. The van der Waals surface area contributed by atoms with Crippen molar-refractivity contribution in [1.82, 2.24) is 24.8 Å². The first-order valence-electron chi connectivity index (χ1n) is 10.3. The number of hydrogen-bond donors (Lipinski definition) is 2. The van der Waals surface area contributed by atoms with Gasteiger partial charge in [0.25, 0.3) is 0 Å². The zero-order valence-corrected chi connectivity index (χ0v) is 18.3. The number of benzene rings is 1. The lowest BCUT2D eigenvalue weighted by atomic mass is 10.1. The minimum absolute atomic E-state index is 0.231. The van der Waals surface area contributed by atoms with E-state index in [1.54, 1.807) is 17.5 Å². The van der Waals surface area contributed by atoms with E-state index in [-0.39, 0.29) is 6.61 Å². The number of hydrogen-bond acceptors (Lipinski definition) is 8. The molecule has 0 bridgehead atoms. The van der Waals surface area contributed by atoms with Gasteiger partial charge in [0.15, 0.2) is 0 Å². The smallest absolute Gasteiger partial charge is 0.227 e. The fraction of sp³-hybridized carbons (Fsp3) is 0.409. The number of anilines is 2. The Bertz CT molecular complexity index is 963. The van der Waals surface area contributed by atoms with Gasteiger partial charge in [-0.15, -0.1) is 11.3 Å². The summed E-state index contributed by atoms with van der Waals surface area (Å²) in [7, 11) is 0. The second-order valence-electron chi connectivity index (χ2n) is 7.73. The molecule has 0 saturated carbocycles. The van der Waals surface area contributed by atoms with Gasteiger partial charge in [0.2, 0.25) is 5.95 Å². The number of thiazole rings is 1. The number of aromatic nitrogens is 3. The third-order valence-electron chi connectivity index (χ3n) is 5.19. The normalized spacial score (nSPS) is 15.4. The fourth-order valence-corrected chi connectivity index (χ4v) is 4.57. The second-order valence-corrected chi connectivity index (χ2v) is 8.68. The van der Waals surface area contributed by atoms with Crippen molar-refractivity contribution >= 4 is 23.0 Å². The zero-order chi connectivity index (χ0) is 20.9. The topological polar surface area (TPSA) is 77.4 Å². The molecule has 0 aliphatic carbocycles. The molecule has 0 radical (unpaired) electrons. The Morgan fingerprint density at radius 1 is 1.00 bits per heavy atom. The number of β-amino-alcohol motifs (C(OH)–C–C–N with tert-alkyl or cyclic N) is 1. The molecular weight excluding hydrogens is 396 g/mol. The van der Waals surface area contributed by atoms with Gasteiger partial charge in [0.05, 0.1) is 18.8 Å². The molecule has 1 aromatic carbocycles. The van der Waals surface area contributed by atoms with Gasteiger partial charge in [-0.2, -0.15) is 0 Å². The minimum atomic E-state index is 0.231. The van der Waals surface area contributed by atoms with Gasteiger partial charge in [-0.1, -0.05) is 6.07 Å². The predicted molar refractivity (Wildman–Crippen MR) is 121 cm³/mol. The van der Waals surface area contributed by atoms with E-state index < -0.39 is 0 Å². The SMILES string of the molecule is Cc1cc(C)cc(Nc2nccc(-c3csc(CN4CCN(CCO)CC4)n3)n2)c1. The molecule has 1 aliphatic heterocycles. The van der Waals surface area contributed by atoms with Crippen LogP contribution in [-0.4, -0.2) is 69.2 Å². The van der Waals surface area contributed by atoms with Gasteiger partial charge in [-0.05, 0) is 43.2 Å². The highest BCUT2D eigenvalue weighted by atomic mass is 32.1. The maximum atomic E-state index is 9.08. The van der Waals surface area contributed by atoms with Crippen LogP contribution in [0.3, 0.4) is 0 Å². The Morgan fingerprint density at radius 2 is 1.73 bits per heavy atom. The summed E-state index contributed by atoms with van der Waals surface area (Å²) in [5.74, 6) is 0.576. The summed E-state index contributed by atoms with van der Waals surface area (Å²) < 4.78 is 0. The molecule has 158 valence electrons. The average molecular weight is 425 g/mol. The zero-order valence-electron chi connectivity index (χ0n) is 17.5. The van der Waals surface area contributed by atoms with Gasteiger partial charge in [-0.3, -0.25) is 9.80 Å². The van der Waals surface area contributed by atoms with Crippen LogP contribution in [-0.2, 0) is 6.54 Å². The summed E-state index contributed by atoms with van der Waals surface area (Å²) >= 11 is 1.68. The number of rotatable bonds is 7. The number of nitrogens with one attached hydrogen (secondary N) is 1. The molecule has 1 fully saturated rings. The summed E-state index contributed by atoms with van der Waals surface area (Å²) in [6.07, 6.45) is 1.77. The predicted octanol–water partition coefficient (Wildman–Crippen LogP) is 3.07. The Hall–Kier alpha value is -2.39. The summed E-state index contributed by atoms with van der Waals surface area (Å²) in [5, 5.41) is 15.6. The molecule has 3 heterocycles. The molecule has 4 rings (SSSR count). The first-order chi connectivity index (χ1) is 14.6. The van der Waals surface area contributed by atoms with E-state index >= 15 is 0 Å². The summed E-state index contributed by atoms with van der Waals surface area (Å²) in [6, 6.07) is 8.22. The van der Waals surface area contributed by atoms with Crippen molar-refractivity contribution in [2.45, 2.75) is 20.4 Å². The van der Waals surface area contributed by atoms with E-state index in [1.807, 2.05) is 6.07 Å². The molecule has 0 amide bonds. The summed E-state index contributed by atoms with van der Waals surface area (Å²) in [5.41, 5.74) is 5.11. The van der Waals surface area contributed by atoms with Crippen molar-refractivity contribution in [3.8, 4) is 11.4 Å². The van der Waals surface area contributed by atoms with Crippen molar-refractivity contribution in [2.24, 2.45) is 0 Å². The van der Waals surface area contributed by atoms with E-state index in [0.29, 0.717) is 5.95 Å². The van der Waals surface area contributed by atoms with E-state index in [9.17, 15) is 0 Å². The fourth-order valence-electron chi connectivity index (χ4n) is 3.74. The Balaban J connectivity index is 1.40. The lowest BCUT2D eigenvalue weighted by Crippen LogP contribution is -2.46. The molecule has 2 N–H and O–H groups in total. The Kier molecular flexibility index (Phi) is 6.69. The first-order valence-corrected chi connectivity index (χ1v) is 11.2. The van der Waals surface area contributed by atoms with Crippen molar-refractivity contribution in [3.05, 3.63) is 52.0 Å². The van der Waals surface area contributed by atoms with Gasteiger partial charge < -0.3 is 10.4 Å². The largest absolute Gasteiger partial charge is 0.395 e. The molecule has 2 aromatic heterocycles. The number of nitrogens with zero attached hydrogens (tertiary/aromatic N) is 5. The minimum Gasteiger partial charge on any atom is -0.395 e. The van der Waals surface area contributed by atoms with Crippen molar-refractivity contribution < 1.29 is 5.11 Å². The maximum Gasteiger partial charge on any atom is 0.227 e. The number of aliphatic hydroxyl groups excluding tert-OH is 1. The van der Waals surface area contributed by atoms with Crippen LogP contribution in [0.1, 0.15) is 16.1 Å². The van der Waals surface area contributed by atoms with E-state index in [1.165, 1.54) is 11.1 Å². The lowest BCUT2D eigenvalue weighted by molar-refractivity contribution is 0.108. The molecular formula is C22H28N6OS. The first kappa shape index (κ1) is 20.9. The third kappa shape index (κ3) is 5.40. The van der Waals surface area contributed by atoms with E-state index in [4.69, 9.17) is 10.1 Å². The summed E-state index contributed by atoms with van der Waals surface area (Å²) in [4.78, 5) is 18.6. The van der Waals surface area contributed by atoms with Gasteiger partial charge in [-0.25, -0.2) is 15.0 Å². The van der Waals surface area contributed by atoms with Gasteiger partial charge in [0.1, 0.15) is 10.7 Å². The highest BCUT2D eigenvalue weighted by Gasteiger charge is 2.18. The molecule has 3 aromatic rings. The Morgan fingerprint density at radius 3 is 2.47 bits per heavy atom. The van der Waals surface area contributed by atoms with Crippen LogP contribution in [0.15, 0.2) is 35.8 Å². The van der Waals surface area contributed by atoms with Crippen LogP contribution in [0.25, 0.3) is 11.4 Å². The van der Waals surface area contributed by atoms with Crippen LogP contribution in [0.5, 0.6) is 0 Å². The standard InChI is InChI=1S/C22H28N6OS/c1-16-11-17(2)13-18(12-16)24-22-23-4-3-19(26-22)20-15-30-21(25-20)14-28-7-5-27(6-8-28)9-10-29/h3-4,11-13,15,29H,5-10,14H2,1-2H3,(H,23,24,26). The monoisotopic (exact) mass is 424 g/mol. The number of piperazine rings is 1. The third-order valence-corrected chi connectivity index (χ3v) is 6.02. The molecule has 1 aliphatic rings. The molecule has 0 spiro atoms. The number of aryl methyl sites for hydroxylation is 2. The van der Waals surface area contributed by atoms with E-state index in [0.717, 1.165) is 61.4 Å². The highest BCUT2D eigenvalue weighted by molar-refractivity contribution is 7.09. The van der Waals surface area contributed by atoms with Gasteiger partial charge in [0, 0.05) is 50.0 Å². The number of aliphatic hydroxyl groups is 1. The average Bonchev–Trinajstić information content (AvgIpc) is 3.18. The van der Waals surface area contributed by atoms with Crippen molar-refractivity contribution in [1.29, 1.82) is 0 Å². The molecule has 1 saturated heterocycles. The van der Waals surface area contributed by atoms with Crippen molar-refractivity contribution in [3.63, 3.8) is 0 Å². The molecule has 0 unspecified atom stereocenters. The van der Waals surface area contributed by atoms with E-state index in [2.05, 4.69) is 62.5 Å². The van der Waals surface area contributed by atoms with Gasteiger partial charge >= 0.3 is 0 Å². The molecule has 8 heteroatoms. The lowest BCUT2D eigenvalue weighted by Gasteiger charge is -2.33. The summed E-state index contributed by atoms with van der Waals surface area (Å²) in [6.45, 7) is 10.0. The van der Waals surface area contributed by atoms with Crippen LogP contribution in [0.4, 0.5) is 11.6 Å². The van der Waals surface area contributed by atoms with Crippen LogP contribution >= 0.6 is 11.3 Å². The van der Waals surface area contributed by atoms with Crippen LogP contribution in [0, 0.1) is 13.8 Å².